The first-order valence-corrected chi connectivity index (χ1v) is 5.52. The van der Waals surface area contributed by atoms with E-state index < -0.39 is 6.10 Å². The number of rotatable bonds is 3. The van der Waals surface area contributed by atoms with Crippen molar-refractivity contribution in [1.29, 1.82) is 0 Å². The largest absolute Gasteiger partial charge is 0.392 e. The van der Waals surface area contributed by atoms with Crippen LogP contribution in [0.25, 0.3) is 0 Å². The molecule has 2 N–H and O–H groups in total. The highest BCUT2D eigenvalue weighted by Gasteiger charge is 2.12. The first-order valence-electron chi connectivity index (χ1n) is 5.15. The normalized spacial score (nSPS) is 12.3. The fourth-order valence-corrected chi connectivity index (χ4v) is 1.59. The van der Waals surface area contributed by atoms with E-state index in [1.165, 1.54) is 0 Å². The lowest BCUT2D eigenvalue weighted by Crippen LogP contribution is -2.30. The van der Waals surface area contributed by atoms with E-state index in [0.29, 0.717) is 10.6 Å². The molecule has 0 bridgehead atoms. The van der Waals surface area contributed by atoms with Crippen LogP contribution in [0.1, 0.15) is 28.4 Å². The van der Waals surface area contributed by atoms with Crippen molar-refractivity contribution in [3.8, 4) is 0 Å². The summed E-state index contributed by atoms with van der Waals surface area (Å²) in [4.78, 5) is 11.7. The molecule has 1 atom stereocenters. The molecule has 0 heterocycles. The molecule has 88 valence electrons. The van der Waals surface area contributed by atoms with Crippen LogP contribution in [0.5, 0.6) is 0 Å². The van der Waals surface area contributed by atoms with Crippen LogP contribution in [-0.2, 0) is 0 Å². The summed E-state index contributed by atoms with van der Waals surface area (Å²) < 4.78 is 0. The van der Waals surface area contributed by atoms with Crippen molar-refractivity contribution in [3.05, 3.63) is 33.8 Å². The number of aliphatic hydroxyl groups excluding tert-OH is 1. The molecular formula is C12H16ClNO2. The number of aryl methyl sites for hydroxylation is 2. The Morgan fingerprint density at radius 1 is 1.44 bits per heavy atom. The zero-order valence-electron chi connectivity index (χ0n) is 9.67. The first kappa shape index (κ1) is 13.0. The van der Waals surface area contributed by atoms with E-state index in [-0.39, 0.29) is 12.5 Å². The summed E-state index contributed by atoms with van der Waals surface area (Å²) in [5.41, 5.74) is 2.52. The Bertz CT molecular complexity index is 402. The van der Waals surface area contributed by atoms with Gasteiger partial charge in [0.15, 0.2) is 0 Å². The third kappa shape index (κ3) is 3.22. The van der Waals surface area contributed by atoms with Gasteiger partial charge in [-0.15, -0.1) is 0 Å². The third-order valence-corrected chi connectivity index (χ3v) is 2.70. The van der Waals surface area contributed by atoms with Gasteiger partial charge in [0.2, 0.25) is 0 Å². The minimum atomic E-state index is -0.561. The number of halogens is 1. The summed E-state index contributed by atoms with van der Waals surface area (Å²) in [5.74, 6) is -0.256. The van der Waals surface area contributed by atoms with Gasteiger partial charge in [-0.25, -0.2) is 0 Å². The number of hydrogen-bond acceptors (Lipinski definition) is 2. The SMILES string of the molecule is Cc1cc(Cl)c(C(=O)NCC(C)O)cc1C. The Balaban J connectivity index is 2.87. The number of benzene rings is 1. The zero-order chi connectivity index (χ0) is 12.3. The number of carbonyl (C=O) groups excluding carboxylic acids is 1. The Morgan fingerprint density at radius 2 is 2.00 bits per heavy atom. The first-order chi connectivity index (χ1) is 7.41. The van der Waals surface area contributed by atoms with Crippen LogP contribution < -0.4 is 5.32 Å². The van der Waals surface area contributed by atoms with E-state index in [1.807, 2.05) is 13.8 Å². The van der Waals surface area contributed by atoms with Gasteiger partial charge in [0, 0.05) is 6.54 Å². The summed E-state index contributed by atoms with van der Waals surface area (Å²) in [6.07, 6.45) is -0.561. The van der Waals surface area contributed by atoms with Crippen molar-refractivity contribution < 1.29 is 9.90 Å². The molecule has 1 amide bonds. The number of amides is 1. The Kier molecular flexibility index (Phi) is 4.33. The van der Waals surface area contributed by atoms with Gasteiger partial charge in [0.25, 0.3) is 5.91 Å². The standard InChI is InChI=1S/C12H16ClNO2/c1-7-4-10(11(13)5-8(7)2)12(16)14-6-9(3)15/h4-5,9,15H,6H2,1-3H3,(H,14,16). The minimum absolute atomic E-state index is 0.224. The number of hydrogen-bond donors (Lipinski definition) is 2. The number of aliphatic hydroxyl groups is 1. The van der Waals surface area contributed by atoms with Gasteiger partial charge in [-0.3, -0.25) is 4.79 Å². The maximum absolute atomic E-state index is 11.7. The van der Waals surface area contributed by atoms with Gasteiger partial charge in [-0.1, -0.05) is 11.6 Å². The van der Waals surface area contributed by atoms with Gasteiger partial charge < -0.3 is 10.4 Å². The van der Waals surface area contributed by atoms with E-state index in [9.17, 15) is 4.79 Å². The van der Waals surface area contributed by atoms with Crippen molar-refractivity contribution in [2.75, 3.05) is 6.54 Å². The highest BCUT2D eigenvalue weighted by atomic mass is 35.5. The van der Waals surface area contributed by atoms with Crippen molar-refractivity contribution in [1.82, 2.24) is 5.32 Å². The molecule has 16 heavy (non-hydrogen) atoms. The maximum atomic E-state index is 11.7. The molecule has 0 fully saturated rings. The Hall–Kier alpha value is -1.06. The molecule has 4 heteroatoms. The zero-order valence-corrected chi connectivity index (χ0v) is 10.4. The summed E-state index contributed by atoms with van der Waals surface area (Å²) in [6.45, 7) is 5.71. The molecule has 0 aliphatic heterocycles. The summed E-state index contributed by atoms with van der Waals surface area (Å²) in [6, 6.07) is 3.53. The fourth-order valence-electron chi connectivity index (χ4n) is 1.29. The fraction of sp³-hybridized carbons (Fsp3) is 0.417. The van der Waals surface area contributed by atoms with Crippen LogP contribution >= 0.6 is 11.6 Å². The van der Waals surface area contributed by atoms with Crippen LogP contribution in [0.15, 0.2) is 12.1 Å². The highest BCUT2D eigenvalue weighted by Crippen LogP contribution is 2.20. The molecule has 3 nitrogen and oxygen atoms in total. The van der Waals surface area contributed by atoms with E-state index >= 15 is 0 Å². The van der Waals surface area contributed by atoms with Gasteiger partial charge >= 0.3 is 0 Å². The Labute approximate surface area is 100 Å². The molecule has 1 aromatic rings. The minimum Gasteiger partial charge on any atom is -0.392 e. The molecule has 0 saturated heterocycles. The second-order valence-corrected chi connectivity index (χ2v) is 4.38. The molecular weight excluding hydrogens is 226 g/mol. The van der Waals surface area contributed by atoms with Crippen LogP contribution in [0.3, 0.4) is 0 Å². The smallest absolute Gasteiger partial charge is 0.252 e. The average molecular weight is 242 g/mol. The van der Waals surface area contributed by atoms with Gasteiger partial charge in [0.05, 0.1) is 16.7 Å². The van der Waals surface area contributed by atoms with Gasteiger partial charge in [-0.05, 0) is 44.0 Å². The molecule has 0 spiro atoms. The summed E-state index contributed by atoms with van der Waals surface area (Å²) in [5, 5.41) is 12.1. The topological polar surface area (TPSA) is 49.3 Å². The molecule has 1 rings (SSSR count). The Morgan fingerprint density at radius 3 is 2.56 bits per heavy atom. The number of nitrogens with one attached hydrogen (secondary N) is 1. The van der Waals surface area contributed by atoms with E-state index in [1.54, 1.807) is 19.1 Å². The van der Waals surface area contributed by atoms with Crippen LogP contribution in [0.2, 0.25) is 5.02 Å². The van der Waals surface area contributed by atoms with E-state index in [2.05, 4.69) is 5.32 Å². The van der Waals surface area contributed by atoms with Crippen LogP contribution in [-0.4, -0.2) is 23.7 Å². The lowest BCUT2D eigenvalue weighted by atomic mass is 10.1. The summed E-state index contributed by atoms with van der Waals surface area (Å²) >= 11 is 5.99. The third-order valence-electron chi connectivity index (χ3n) is 2.39. The predicted molar refractivity (Wildman–Crippen MR) is 64.9 cm³/mol. The quantitative estimate of drug-likeness (QED) is 0.851. The van der Waals surface area contributed by atoms with Gasteiger partial charge in [0.1, 0.15) is 0 Å². The number of carbonyl (C=O) groups is 1. The predicted octanol–water partition coefficient (Wildman–Crippen LogP) is 2.07. The van der Waals surface area contributed by atoms with Crippen molar-refractivity contribution in [3.63, 3.8) is 0 Å². The molecule has 0 radical (unpaired) electrons. The van der Waals surface area contributed by atoms with Crippen LogP contribution in [0.4, 0.5) is 0 Å². The molecule has 1 aromatic carbocycles. The van der Waals surface area contributed by atoms with Crippen molar-refractivity contribution in [2.45, 2.75) is 26.9 Å². The molecule has 0 aromatic heterocycles. The van der Waals surface area contributed by atoms with Crippen LogP contribution in [0, 0.1) is 13.8 Å². The van der Waals surface area contributed by atoms with Crippen molar-refractivity contribution >= 4 is 17.5 Å². The summed E-state index contributed by atoms with van der Waals surface area (Å²) in [7, 11) is 0. The highest BCUT2D eigenvalue weighted by molar-refractivity contribution is 6.33. The molecule has 0 aliphatic rings. The van der Waals surface area contributed by atoms with E-state index in [4.69, 9.17) is 16.7 Å². The maximum Gasteiger partial charge on any atom is 0.252 e. The molecule has 0 aliphatic carbocycles. The second-order valence-electron chi connectivity index (χ2n) is 3.98. The molecule has 1 unspecified atom stereocenters. The monoisotopic (exact) mass is 241 g/mol. The average Bonchev–Trinajstić information content (AvgIpc) is 2.20. The second kappa shape index (κ2) is 5.32. The molecule has 0 saturated carbocycles. The lowest BCUT2D eigenvalue weighted by molar-refractivity contribution is 0.0924. The van der Waals surface area contributed by atoms with E-state index in [0.717, 1.165) is 11.1 Å². The van der Waals surface area contributed by atoms with Gasteiger partial charge in [-0.2, -0.15) is 0 Å². The van der Waals surface area contributed by atoms with Crippen molar-refractivity contribution in [2.24, 2.45) is 0 Å². The lowest BCUT2D eigenvalue weighted by Gasteiger charge is -2.10.